The van der Waals surface area contributed by atoms with Gasteiger partial charge in [-0.3, -0.25) is 4.79 Å². The molecule has 0 aromatic rings. The van der Waals surface area contributed by atoms with Crippen molar-refractivity contribution in [3.63, 3.8) is 0 Å². The van der Waals surface area contributed by atoms with E-state index < -0.39 is 0 Å². The number of unbranched alkanes of at least 4 members (excludes halogenated alkanes) is 16. The number of rotatable bonds is 23. The second-order valence-electron chi connectivity index (χ2n) is 9.63. The summed E-state index contributed by atoms with van der Waals surface area (Å²) in [5, 5.41) is 0. The summed E-state index contributed by atoms with van der Waals surface area (Å²) in [6.07, 6.45) is 23.6. The largest absolute Gasteiger partial charge is 0.463 e. The van der Waals surface area contributed by atoms with Gasteiger partial charge in [0.25, 0.3) is 0 Å². The first-order valence-corrected chi connectivity index (χ1v) is 13.3. The quantitative estimate of drug-likeness (QED) is 0.121. The fourth-order valence-electron chi connectivity index (χ4n) is 3.68. The lowest BCUT2D eigenvalue weighted by Crippen LogP contribution is -2.20. The Kier molecular flexibility index (Phi) is 22.7. The zero-order chi connectivity index (χ0) is 22.3. The van der Waals surface area contributed by atoms with E-state index in [1.54, 1.807) is 0 Å². The topological polar surface area (TPSA) is 35.5 Å². The smallest absolute Gasteiger partial charge is 0.305 e. The molecule has 1 atom stereocenters. The van der Waals surface area contributed by atoms with Crippen LogP contribution in [0.25, 0.3) is 0 Å². The van der Waals surface area contributed by atoms with E-state index in [2.05, 4.69) is 20.8 Å². The fraction of sp³-hybridized carbons (Fsp3) is 0.963. The SMILES string of the molecule is CCCCCCCCCCCCCCCCCCCC(=O)OCC(C)OCC(C)C. The van der Waals surface area contributed by atoms with Crippen LogP contribution in [0, 0.1) is 5.92 Å². The minimum Gasteiger partial charge on any atom is -0.463 e. The minimum atomic E-state index is -0.0732. The van der Waals surface area contributed by atoms with E-state index in [0.29, 0.717) is 18.9 Å². The Bertz CT molecular complexity index is 354. The van der Waals surface area contributed by atoms with Crippen LogP contribution in [0.15, 0.2) is 0 Å². The molecular weight excluding hydrogens is 372 g/mol. The molecule has 0 aromatic carbocycles. The molecule has 0 N–H and O–H groups in total. The van der Waals surface area contributed by atoms with E-state index in [4.69, 9.17) is 9.47 Å². The van der Waals surface area contributed by atoms with Crippen LogP contribution in [0.3, 0.4) is 0 Å². The van der Waals surface area contributed by atoms with Gasteiger partial charge in [-0.05, 0) is 19.3 Å². The summed E-state index contributed by atoms with van der Waals surface area (Å²) in [5.41, 5.74) is 0. The molecule has 0 bridgehead atoms. The van der Waals surface area contributed by atoms with E-state index in [9.17, 15) is 4.79 Å². The zero-order valence-electron chi connectivity index (χ0n) is 21.0. The highest BCUT2D eigenvalue weighted by Gasteiger charge is 2.08. The molecule has 0 saturated heterocycles. The molecule has 0 aliphatic carbocycles. The van der Waals surface area contributed by atoms with Gasteiger partial charge in [-0.15, -0.1) is 0 Å². The number of esters is 1. The van der Waals surface area contributed by atoms with Crippen molar-refractivity contribution in [1.82, 2.24) is 0 Å². The Labute approximate surface area is 189 Å². The summed E-state index contributed by atoms with van der Waals surface area (Å²) in [6, 6.07) is 0. The van der Waals surface area contributed by atoms with Gasteiger partial charge >= 0.3 is 5.97 Å². The average molecular weight is 427 g/mol. The van der Waals surface area contributed by atoms with Crippen LogP contribution in [0.2, 0.25) is 0 Å². The van der Waals surface area contributed by atoms with Crippen molar-refractivity contribution in [2.24, 2.45) is 5.92 Å². The van der Waals surface area contributed by atoms with Gasteiger partial charge in [-0.25, -0.2) is 0 Å². The Morgan fingerprint density at radius 1 is 0.600 bits per heavy atom. The Balaban J connectivity index is 3.21. The molecule has 3 nitrogen and oxygen atoms in total. The number of carbonyl (C=O) groups excluding carboxylic acids is 1. The van der Waals surface area contributed by atoms with Gasteiger partial charge < -0.3 is 9.47 Å². The second kappa shape index (κ2) is 23.1. The predicted molar refractivity (Wildman–Crippen MR) is 130 cm³/mol. The van der Waals surface area contributed by atoms with Crippen molar-refractivity contribution in [2.75, 3.05) is 13.2 Å². The maximum absolute atomic E-state index is 11.8. The minimum absolute atomic E-state index is 0.00750. The van der Waals surface area contributed by atoms with Crippen molar-refractivity contribution >= 4 is 5.97 Å². The highest BCUT2D eigenvalue weighted by atomic mass is 16.6. The monoisotopic (exact) mass is 426 g/mol. The molecule has 1 unspecified atom stereocenters. The second-order valence-corrected chi connectivity index (χ2v) is 9.63. The first-order valence-electron chi connectivity index (χ1n) is 13.3. The predicted octanol–water partition coefficient (Wildman–Crippen LogP) is 8.63. The first kappa shape index (κ1) is 29.4. The lowest BCUT2D eigenvalue weighted by Gasteiger charge is -2.14. The molecule has 30 heavy (non-hydrogen) atoms. The van der Waals surface area contributed by atoms with Gasteiger partial charge in [0.05, 0.1) is 6.10 Å². The maximum Gasteiger partial charge on any atom is 0.305 e. The van der Waals surface area contributed by atoms with Crippen molar-refractivity contribution in [3.8, 4) is 0 Å². The van der Waals surface area contributed by atoms with Gasteiger partial charge in [0.1, 0.15) is 6.61 Å². The van der Waals surface area contributed by atoms with Crippen LogP contribution >= 0.6 is 0 Å². The number of carbonyl (C=O) groups is 1. The highest BCUT2D eigenvalue weighted by molar-refractivity contribution is 5.69. The van der Waals surface area contributed by atoms with Crippen molar-refractivity contribution in [2.45, 2.75) is 149 Å². The summed E-state index contributed by atoms with van der Waals surface area (Å²) in [7, 11) is 0. The molecule has 0 aliphatic heterocycles. The Morgan fingerprint density at radius 3 is 1.40 bits per heavy atom. The molecule has 0 radical (unpaired) electrons. The average Bonchev–Trinajstić information content (AvgIpc) is 2.72. The molecule has 0 fully saturated rings. The summed E-state index contributed by atoms with van der Waals surface area (Å²) in [4.78, 5) is 11.8. The molecule has 0 amide bonds. The van der Waals surface area contributed by atoms with Crippen LogP contribution in [0.1, 0.15) is 143 Å². The van der Waals surface area contributed by atoms with Gasteiger partial charge in [0, 0.05) is 13.0 Å². The van der Waals surface area contributed by atoms with E-state index >= 15 is 0 Å². The third-order valence-corrected chi connectivity index (χ3v) is 5.68. The molecule has 0 spiro atoms. The van der Waals surface area contributed by atoms with Crippen molar-refractivity contribution in [1.29, 1.82) is 0 Å². The number of hydrogen-bond acceptors (Lipinski definition) is 3. The molecular formula is C27H54O3. The van der Waals surface area contributed by atoms with Crippen LogP contribution in [-0.2, 0) is 14.3 Å². The lowest BCUT2D eigenvalue weighted by molar-refractivity contribution is -0.147. The van der Waals surface area contributed by atoms with E-state index in [0.717, 1.165) is 19.4 Å². The van der Waals surface area contributed by atoms with Crippen molar-refractivity contribution in [3.05, 3.63) is 0 Å². The van der Waals surface area contributed by atoms with Gasteiger partial charge in [-0.2, -0.15) is 0 Å². The standard InChI is InChI=1S/C27H54O3/c1-5-6-7-8-9-10-11-12-13-14-15-16-17-18-19-20-21-22-27(28)30-24-26(4)29-23-25(2)3/h25-26H,5-24H2,1-4H3. The molecule has 3 heteroatoms. The van der Waals surface area contributed by atoms with Gasteiger partial charge in [-0.1, -0.05) is 124 Å². The normalized spacial score (nSPS) is 12.4. The molecule has 0 aliphatic rings. The molecule has 0 saturated carbocycles. The number of hydrogen-bond donors (Lipinski definition) is 0. The van der Waals surface area contributed by atoms with Crippen molar-refractivity contribution < 1.29 is 14.3 Å². The Morgan fingerprint density at radius 2 is 1.00 bits per heavy atom. The van der Waals surface area contributed by atoms with Gasteiger partial charge in [0.15, 0.2) is 0 Å². The first-order chi connectivity index (χ1) is 14.6. The third-order valence-electron chi connectivity index (χ3n) is 5.68. The molecule has 0 heterocycles. The molecule has 0 rings (SSSR count). The lowest BCUT2D eigenvalue weighted by atomic mass is 10.0. The summed E-state index contributed by atoms with van der Waals surface area (Å²) < 4.78 is 10.9. The van der Waals surface area contributed by atoms with Crippen LogP contribution in [0.4, 0.5) is 0 Å². The van der Waals surface area contributed by atoms with Crippen LogP contribution in [-0.4, -0.2) is 25.3 Å². The van der Waals surface area contributed by atoms with Crippen LogP contribution < -0.4 is 0 Å². The zero-order valence-corrected chi connectivity index (χ0v) is 21.0. The highest BCUT2D eigenvalue weighted by Crippen LogP contribution is 2.14. The third kappa shape index (κ3) is 23.7. The summed E-state index contributed by atoms with van der Waals surface area (Å²) >= 11 is 0. The Hall–Kier alpha value is -0.570. The summed E-state index contributed by atoms with van der Waals surface area (Å²) in [5.74, 6) is 0.439. The molecule has 180 valence electrons. The number of ether oxygens (including phenoxy) is 2. The van der Waals surface area contributed by atoms with E-state index in [1.807, 2.05) is 6.92 Å². The van der Waals surface area contributed by atoms with E-state index in [1.165, 1.54) is 96.3 Å². The fourth-order valence-corrected chi connectivity index (χ4v) is 3.68. The maximum atomic E-state index is 11.8. The van der Waals surface area contributed by atoms with E-state index in [-0.39, 0.29) is 12.1 Å². The summed E-state index contributed by atoms with van der Waals surface area (Å²) in [6.45, 7) is 9.59. The van der Waals surface area contributed by atoms with Crippen LogP contribution in [0.5, 0.6) is 0 Å². The molecule has 0 aromatic heterocycles. The van der Waals surface area contributed by atoms with Gasteiger partial charge in [0.2, 0.25) is 0 Å².